The van der Waals surface area contributed by atoms with Crippen molar-refractivity contribution in [2.24, 2.45) is 0 Å². The van der Waals surface area contributed by atoms with Gasteiger partial charge in [0.25, 0.3) is 11.5 Å². The first-order valence-corrected chi connectivity index (χ1v) is 9.07. The molecule has 1 aromatic heterocycles. The molecule has 0 atom stereocenters. The molecule has 0 spiro atoms. The highest BCUT2D eigenvalue weighted by molar-refractivity contribution is 6.06. The number of ether oxygens (including phenoxy) is 1. The molecule has 0 radical (unpaired) electrons. The van der Waals surface area contributed by atoms with Crippen molar-refractivity contribution in [3.05, 3.63) is 81.8 Å². The molecule has 1 aliphatic rings. The zero-order valence-corrected chi connectivity index (χ0v) is 16.0. The van der Waals surface area contributed by atoms with Crippen molar-refractivity contribution < 1.29 is 14.3 Å². The molecule has 146 valence electrons. The van der Waals surface area contributed by atoms with Gasteiger partial charge in [-0.1, -0.05) is 12.1 Å². The second-order valence-electron chi connectivity index (χ2n) is 6.77. The molecule has 7 heteroatoms. The Kier molecular flexibility index (Phi) is 4.64. The van der Waals surface area contributed by atoms with Gasteiger partial charge in [0.05, 0.1) is 19.2 Å². The Balaban J connectivity index is 1.70. The number of rotatable bonds is 4. The lowest BCUT2D eigenvalue weighted by molar-refractivity contribution is -0.115. The molecule has 3 aromatic rings. The molecular weight excluding hydrogens is 370 g/mol. The van der Waals surface area contributed by atoms with Crippen LogP contribution in [0.2, 0.25) is 0 Å². The first-order valence-electron chi connectivity index (χ1n) is 9.07. The first-order chi connectivity index (χ1) is 14.0. The van der Waals surface area contributed by atoms with Crippen molar-refractivity contribution in [2.75, 3.05) is 17.7 Å². The van der Waals surface area contributed by atoms with Crippen LogP contribution < -0.4 is 20.9 Å². The number of anilines is 2. The fourth-order valence-corrected chi connectivity index (χ4v) is 3.42. The summed E-state index contributed by atoms with van der Waals surface area (Å²) in [4.78, 5) is 37.5. The molecule has 1 aliphatic heterocycles. The third-order valence-electron chi connectivity index (χ3n) is 4.86. The molecule has 7 nitrogen and oxygen atoms in total. The van der Waals surface area contributed by atoms with E-state index >= 15 is 0 Å². The zero-order chi connectivity index (χ0) is 20.5. The van der Waals surface area contributed by atoms with Crippen molar-refractivity contribution in [3.8, 4) is 11.4 Å². The van der Waals surface area contributed by atoms with Crippen molar-refractivity contribution in [1.82, 2.24) is 4.57 Å². The number of nitrogens with one attached hydrogen (secondary N) is 2. The number of carbonyl (C=O) groups excluding carboxylic acids is 2. The van der Waals surface area contributed by atoms with E-state index in [1.165, 1.54) is 11.7 Å². The number of benzene rings is 2. The highest BCUT2D eigenvalue weighted by Gasteiger charge is 2.20. The Morgan fingerprint density at radius 1 is 1.14 bits per heavy atom. The summed E-state index contributed by atoms with van der Waals surface area (Å²) in [5.74, 6) is -0.0587. The Hall–Kier alpha value is -3.87. The van der Waals surface area contributed by atoms with Crippen LogP contribution in [0.1, 0.15) is 21.5 Å². The minimum atomic E-state index is -0.506. The topological polar surface area (TPSA) is 89.4 Å². The molecule has 0 saturated heterocycles. The van der Waals surface area contributed by atoms with Gasteiger partial charge in [0.15, 0.2) is 0 Å². The van der Waals surface area contributed by atoms with Crippen LogP contribution >= 0.6 is 0 Å². The highest BCUT2D eigenvalue weighted by Crippen LogP contribution is 2.26. The van der Waals surface area contributed by atoms with E-state index in [1.807, 2.05) is 6.07 Å². The number of para-hydroxylation sites is 2. The van der Waals surface area contributed by atoms with Crippen LogP contribution in [0.5, 0.6) is 5.75 Å². The summed E-state index contributed by atoms with van der Waals surface area (Å²) in [6.45, 7) is 1.72. The van der Waals surface area contributed by atoms with Crippen LogP contribution in [-0.2, 0) is 11.2 Å². The minimum Gasteiger partial charge on any atom is -0.495 e. The Labute approximate surface area is 166 Å². The summed E-state index contributed by atoms with van der Waals surface area (Å²) in [7, 11) is 1.53. The van der Waals surface area contributed by atoms with E-state index in [4.69, 9.17) is 4.74 Å². The number of hydrogen-bond acceptors (Lipinski definition) is 4. The summed E-state index contributed by atoms with van der Waals surface area (Å²) >= 11 is 0. The fourth-order valence-electron chi connectivity index (χ4n) is 3.42. The number of aryl methyl sites for hydroxylation is 1. The van der Waals surface area contributed by atoms with Gasteiger partial charge < -0.3 is 15.4 Å². The number of pyridine rings is 1. The molecule has 2 heterocycles. The third kappa shape index (κ3) is 3.38. The van der Waals surface area contributed by atoms with E-state index in [9.17, 15) is 14.4 Å². The second-order valence-corrected chi connectivity index (χ2v) is 6.77. The maximum Gasteiger partial charge on any atom is 0.268 e. The summed E-state index contributed by atoms with van der Waals surface area (Å²) in [6, 6.07) is 14.0. The average molecular weight is 389 g/mol. The van der Waals surface area contributed by atoms with Crippen molar-refractivity contribution in [3.63, 3.8) is 0 Å². The first kappa shape index (κ1) is 18.5. The molecule has 4 rings (SSSR count). The smallest absolute Gasteiger partial charge is 0.268 e. The Bertz CT molecular complexity index is 1200. The van der Waals surface area contributed by atoms with Crippen LogP contribution in [0.15, 0.2) is 59.5 Å². The van der Waals surface area contributed by atoms with Gasteiger partial charge in [-0.25, -0.2) is 0 Å². The zero-order valence-electron chi connectivity index (χ0n) is 16.0. The van der Waals surface area contributed by atoms with E-state index in [-0.39, 0.29) is 17.9 Å². The molecule has 29 heavy (non-hydrogen) atoms. The van der Waals surface area contributed by atoms with Gasteiger partial charge in [0.2, 0.25) is 5.91 Å². The monoisotopic (exact) mass is 389 g/mol. The molecule has 0 unspecified atom stereocenters. The van der Waals surface area contributed by atoms with Crippen LogP contribution in [0.3, 0.4) is 0 Å². The van der Waals surface area contributed by atoms with Gasteiger partial charge in [-0.05, 0) is 54.4 Å². The largest absolute Gasteiger partial charge is 0.495 e. The van der Waals surface area contributed by atoms with Gasteiger partial charge in [-0.2, -0.15) is 0 Å². The van der Waals surface area contributed by atoms with Gasteiger partial charge in [-0.3, -0.25) is 19.0 Å². The summed E-state index contributed by atoms with van der Waals surface area (Å²) in [6.07, 6.45) is 1.89. The molecule has 2 amide bonds. The van der Waals surface area contributed by atoms with E-state index in [1.54, 1.807) is 55.6 Å². The standard InChI is InChI=1S/C22H19N3O4/c1-13-9-10-25(17-5-3-4-6-18(17)29-2)22(28)20(13)21(27)23-15-7-8-16-14(11-15)12-19(26)24-16/h3-11H,12H2,1-2H3,(H,23,27)(H,24,26). The predicted molar refractivity (Wildman–Crippen MR) is 110 cm³/mol. The van der Waals surface area contributed by atoms with Gasteiger partial charge in [0.1, 0.15) is 11.3 Å². The number of nitrogens with zero attached hydrogens (tertiary/aromatic N) is 1. The Morgan fingerprint density at radius 3 is 2.72 bits per heavy atom. The molecule has 2 N–H and O–H groups in total. The number of fused-ring (bicyclic) bond motifs is 1. The van der Waals surface area contributed by atoms with Gasteiger partial charge in [0, 0.05) is 17.6 Å². The summed E-state index contributed by atoms with van der Waals surface area (Å²) < 4.78 is 6.73. The van der Waals surface area contributed by atoms with E-state index < -0.39 is 11.5 Å². The number of methoxy groups -OCH3 is 1. The van der Waals surface area contributed by atoms with E-state index in [0.29, 0.717) is 22.7 Å². The molecule has 0 fully saturated rings. The van der Waals surface area contributed by atoms with Crippen LogP contribution in [0, 0.1) is 6.92 Å². The maximum absolute atomic E-state index is 13.1. The lowest BCUT2D eigenvalue weighted by Gasteiger charge is -2.14. The number of amides is 2. The van der Waals surface area contributed by atoms with Gasteiger partial charge >= 0.3 is 0 Å². The maximum atomic E-state index is 13.1. The third-order valence-corrected chi connectivity index (χ3v) is 4.86. The summed E-state index contributed by atoms with van der Waals surface area (Å²) in [5, 5.41) is 5.52. The summed E-state index contributed by atoms with van der Waals surface area (Å²) in [5.41, 5.74) is 2.80. The van der Waals surface area contributed by atoms with Crippen LogP contribution in [-0.4, -0.2) is 23.5 Å². The fraction of sp³-hybridized carbons (Fsp3) is 0.136. The van der Waals surface area contributed by atoms with Gasteiger partial charge in [-0.15, -0.1) is 0 Å². The second kappa shape index (κ2) is 7.27. The number of aromatic nitrogens is 1. The lowest BCUT2D eigenvalue weighted by atomic mass is 10.1. The van der Waals surface area contributed by atoms with Crippen LogP contribution in [0.4, 0.5) is 11.4 Å². The molecular formula is C22H19N3O4. The molecule has 0 aliphatic carbocycles. The van der Waals surface area contributed by atoms with Crippen molar-refractivity contribution >= 4 is 23.2 Å². The molecule has 0 bridgehead atoms. The Morgan fingerprint density at radius 2 is 1.93 bits per heavy atom. The quantitative estimate of drug-likeness (QED) is 0.718. The lowest BCUT2D eigenvalue weighted by Crippen LogP contribution is -2.29. The SMILES string of the molecule is COc1ccccc1-n1ccc(C)c(C(=O)Nc2ccc3c(c2)CC(=O)N3)c1=O. The number of hydrogen-bond donors (Lipinski definition) is 2. The normalized spacial score (nSPS) is 12.3. The minimum absolute atomic E-state index is 0.0492. The average Bonchev–Trinajstić information content (AvgIpc) is 3.07. The van der Waals surface area contributed by atoms with Crippen LogP contribution in [0.25, 0.3) is 5.69 Å². The van der Waals surface area contributed by atoms with Crippen molar-refractivity contribution in [1.29, 1.82) is 0 Å². The number of carbonyl (C=O) groups is 2. The molecule has 2 aromatic carbocycles. The predicted octanol–water partition coefficient (Wildman–Crippen LogP) is 2.90. The van der Waals surface area contributed by atoms with E-state index in [2.05, 4.69) is 10.6 Å². The molecule has 0 saturated carbocycles. The van der Waals surface area contributed by atoms with E-state index in [0.717, 1.165) is 11.3 Å². The van der Waals surface area contributed by atoms with Crippen molar-refractivity contribution in [2.45, 2.75) is 13.3 Å². The highest BCUT2D eigenvalue weighted by atomic mass is 16.5.